The van der Waals surface area contributed by atoms with Crippen LogP contribution >= 0.6 is 0 Å². The molecular formula is C17H15N5O2. The van der Waals surface area contributed by atoms with Crippen molar-refractivity contribution in [3.63, 3.8) is 0 Å². The number of carbonyl (C=O) groups excluding carboxylic acids is 1. The molecule has 2 aliphatic rings. The Morgan fingerprint density at radius 2 is 2.17 bits per heavy atom. The van der Waals surface area contributed by atoms with Gasteiger partial charge >= 0.3 is 0 Å². The van der Waals surface area contributed by atoms with E-state index in [-0.39, 0.29) is 11.9 Å². The van der Waals surface area contributed by atoms with Gasteiger partial charge in [-0.2, -0.15) is 4.98 Å². The summed E-state index contributed by atoms with van der Waals surface area (Å²) in [6, 6.07) is 7.63. The third-order valence-corrected chi connectivity index (χ3v) is 4.76. The summed E-state index contributed by atoms with van der Waals surface area (Å²) in [6.07, 6.45) is 3.63. The van der Waals surface area contributed by atoms with Crippen molar-refractivity contribution in [3.05, 3.63) is 47.7 Å². The van der Waals surface area contributed by atoms with E-state index >= 15 is 0 Å². The second kappa shape index (κ2) is 4.77. The van der Waals surface area contributed by atoms with Gasteiger partial charge in [-0.1, -0.05) is 17.3 Å². The van der Waals surface area contributed by atoms with E-state index in [0.29, 0.717) is 23.0 Å². The molecule has 0 spiro atoms. The van der Waals surface area contributed by atoms with E-state index in [9.17, 15) is 4.79 Å². The minimum Gasteiger partial charge on any atom is -0.332 e. The molecule has 2 aliphatic heterocycles. The van der Waals surface area contributed by atoms with Crippen LogP contribution in [0.3, 0.4) is 0 Å². The number of hydrogen-bond donors (Lipinski definition) is 0. The summed E-state index contributed by atoms with van der Waals surface area (Å²) in [7, 11) is 0. The first-order valence-electron chi connectivity index (χ1n) is 8.02. The van der Waals surface area contributed by atoms with Crippen molar-refractivity contribution in [2.75, 3.05) is 6.54 Å². The predicted molar refractivity (Wildman–Crippen MR) is 84.6 cm³/mol. The Hall–Kier alpha value is -2.96. The van der Waals surface area contributed by atoms with Crippen LogP contribution in [0, 0.1) is 6.92 Å². The van der Waals surface area contributed by atoms with Gasteiger partial charge in [0.05, 0.1) is 23.0 Å². The molecule has 0 bridgehead atoms. The van der Waals surface area contributed by atoms with Gasteiger partial charge in [0.15, 0.2) is 11.5 Å². The molecule has 4 heterocycles. The van der Waals surface area contributed by atoms with E-state index in [1.54, 1.807) is 13.3 Å². The van der Waals surface area contributed by atoms with Crippen molar-refractivity contribution in [1.82, 2.24) is 24.6 Å². The van der Waals surface area contributed by atoms with Crippen LogP contribution in [0.4, 0.5) is 0 Å². The Balaban J connectivity index is 1.81. The van der Waals surface area contributed by atoms with Gasteiger partial charge in [-0.25, -0.2) is 4.98 Å². The van der Waals surface area contributed by atoms with Gasteiger partial charge in [-0.05, 0) is 31.9 Å². The van der Waals surface area contributed by atoms with Crippen LogP contribution in [-0.2, 0) is 0 Å². The van der Waals surface area contributed by atoms with Crippen molar-refractivity contribution in [2.24, 2.45) is 0 Å². The van der Waals surface area contributed by atoms with Crippen LogP contribution in [0.2, 0.25) is 0 Å². The average Bonchev–Trinajstić information content (AvgIpc) is 3.30. The van der Waals surface area contributed by atoms with E-state index in [1.165, 1.54) is 0 Å². The van der Waals surface area contributed by atoms with Crippen LogP contribution < -0.4 is 0 Å². The molecule has 7 heteroatoms. The van der Waals surface area contributed by atoms with E-state index in [4.69, 9.17) is 4.52 Å². The predicted octanol–water partition coefficient (Wildman–Crippen LogP) is 2.52. The lowest BCUT2D eigenvalue weighted by molar-refractivity contribution is 0.0739. The molecule has 1 aromatic carbocycles. The molecule has 120 valence electrons. The first-order chi connectivity index (χ1) is 11.7. The second-order valence-corrected chi connectivity index (χ2v) is 6.17. The first-order valence-corrected chi connectivity index (χ1v) is 8.02. The molecule has 0 radical (unpaired) electrons. The number of benzene rings is 1. The van der Waals surface area contributed by atoms with Crippen LogP contribution in [0.5, 0.6) is 0 Å². The maximum Gasteiger partial charge on any atom is 0.278 e. The highest BCUT2D eigenvalue weighted by atomic mass is 16.5. The summed E-state index contributed by atoms with van der Waals surface area (Å²) < 4.78 is 7.34. The van der Waals surface area contributed by atoms with Gasteiger partial charge < -0.3 is 9.42 Å². The standard InChI is InChI=1S/C17H15N5O2/c1-10-19-16(24-20-10)14-15-13-7-4-8-21(13)17(23)11-5-2-3-6-12(11)22(15)9-18-14/h2-3,5-6,9,13H,4,7-8H2,1H3/t13-/m0/s1. The molecule has 1 fully saturated rings. The molecule has 1 saturated heterocycles. The van der Waals surface area contributed by atoms with E-state index < -0.39 is 0 Å². The van der Waals surface area contributed by atoms with Crippen LogP contribution in [0.15, 0.2) is 35.1 Å². The number of aromatic nitrogens is 4. The van der Waals surface area contributed by atoms with Crippen molar-refractivity contribution >= 4 is 5.91 Å². The molecule has 0 aliphatic carbocycles. The Labute approximate surface area is 137 Å². The number of amides is 1. The lowest BCUT2D eigenvalue weighted by atomic mass is 10.1. The van der Waals surface area contributed by atoms with Gasteiger partial charge in [0.25, 0.3) is 11.8 Å². The zero-order chi connectivity index (χ0) is 16.3. The van der Waals surface area contributed by atoms with Crippen molar-refractivity contribution in [2.45, 2.75) is 25.8 Å². The fourth-order valence-corrected chi connectivity index (χ4v) is 3.74. The number of fused-ring (bicyclic) bond motifs is 5. The van der Waals surface area contributed by atoms with Crippen molar-refractivity contribution in [3.8, 4) is 17.3 Å². The lowest BCUT2D eigenvalue weighted by Gasteiger charge is -2.22. The SMILES string of the molecule is Cc1noc(-c2ncn3c2[C@@H]2CCCN2C(=O)c2ccccc2-3)n1. The maximum absolute atomic E-state index is 13.0. The van der Waals surface area contributed by atoms with Gasteiger partial charge in [0.1, 0.15) is 6.33 Å². The number of carbonyl (C=O) groups is 1. The van der Waals surface area contributed by atoms with Gasteiger partial charge in [-0.3, -0.25) is 9.36 Å². The summed E-state index contributed by atoms with van der Waals surface area (Å²) in [5.41, 5.74) is 3.17. The topological polar surface area (TPSA) is 77.0 Å². The zero-order valence-electron chi connectivity index (χ0n) is 13.1. The largest absolute Gasteiger partial charge is 0.332 e. The van der Waals surface area contributed by atoms with Crippen molar-refractivity contribution < 1.29 is 9.32 Å². The van der Waals surface area contributed by atoms with E-state index in [1.807, 2.05) is 33.7 Å². The van der Waals surface area contributed by atoms with Crippen LogP contribution in [-0.4, -0.2) is 37.0 Å². The summed E-state index contributed by atoms with van der Waals surface area (Å²) >= 11 is 0. The Kier molecular flexibility index (Phi) is 2.68. The number of imidazole rings is 1. The first kappa shape index (κ1) is 13.5. The number of aryl methyl sites for hydroxylation is 1. The molecular weight excluding hydrogens is 306 g/mol. The monoisotopic (exact) mass is 321 g/mol. The van der Waals surface area contributed by atoms with Crippen LogP contribution in [0.1, 0.15) is 40.8 Å². The number of nitrogens with zero attached hydrogens (tertiary/aromatic N) is 5. The van der Waals surface area contributed by atoms with Gasteiger partial charge in [0.2, 0.25) is 0 Å². The third-order valence-electron chi connectivity index (χ3n) is 4.76. The minimum absolute atomic E-state index is 0.0189. The molecule has 5 rings (SSSR count). The highest BCUT2D eigenvalue weighted by Crippen LogP contribution is 2.41. The molecule has 1 atom stereocenters. The molecule has 7 nitrogen and oxygen atoms in total. The molecule has 2 aromatic heterocycles. The Morgan fingerprint density at radius 1 is 1.29 bits per heavy atom. The second-order valence-electron chi connectivity index (χ2n) is 6.17. The fourth-order valence-electron chi connectivity index (χ4n) is 3.74. The minimum atomic E-state index is -0.0189. The smallest absolute Gasteiger partial charge is 0.278 e. The van der Waals surface area contributed by atoms with E-state index in [2.05, 4.69) is 15.1 Å². The molecule has 0 unspecified atom stereocenters. The molecule has 0 N–H and O–H groups in total. The highest BCUT2D eigenvalue weighted by molar-refractivity contribution is 5.99. The van der Waals surface area contributed by atoms with Gasteiger partial charge in [0, 0.05) is 6.54 Å². The Bertz CT molecular complexity index is 958. The maximum atomic E-state index is 13.0. The molecule has 0 saturated carbocycles. The number of hydrogen-bond acceptors (Lipinski definition) is 5. The summed E-state index contributed by atoms with van der Waals surface area (Å²) in [4.78, 5) is 23.8. The van der Waals surface area contributed by atoms with E-state index in [0.717, 1.165) is 30.8 Å². The molecule has 24 heavy (non-hydrogen) atoms. The number of rotatable bonds is 1. The number of para-hydroxylation sites is 1. The van der Waals surface area contributed by atoms with Crippen molar-refractivity contribution in [1.29, 1.82) is 0 Å². The average molecular weight is 321 g/mol. The zero-order valence-corrected chi connectivity index (χ0v) is 13.1. The molecule has 3 aromatic rings. The molecule has 1 amide bonds. The summed E-state index contributed by atoms with van der Waals surface area (Å²) in [6.45, 7) is 2.54. The summed E-state index contributed by atoms with van der Waals surface area (Å²) in [5.74, 6) is 1.05. The third kappa shape index (κ3) is 1.72. The quantitative estimate of drug-likeness (QED) is 0.688. The fraction of sp³-hybridized carbons (Fsp3) is 0.294. The normalized spacial score (nSPS) is 19.0. The lowest BCUT2D eigenvalue weighted by Crippen LogP contribution is -2.29. The van der Waals surface area contributed by atoms with Gasteiger partial charge in [-0.15, -0.1) is 0 Å². The highest BCUT2D eigenvalue weighted by Gasteiger charge is 2.39. The Morgan fingerprint density at radius 3 is 3.00 bits per heavy atom. The van der Waals surface area contributed by atoms with Crippen LogP contribution in [0.25, 0.3) is 17.3 Å². The summed E-state index contributed by atoms with van der Waals surface area (Å²) in [5, 5.41) is 3.87.